The van der Waals surface area contributed by atoms with E-state index in [1.54, 1.807) is 12.1 Å². The molecule has 1 aromatic carbocycles. The topological polar surface area (TPSA) is 113 Å². The molecule has 0 saturated carbocycles. The van der Waals surface area contributed by atoms with Crippen molar-refractivity contribution < 1.29 is 24.0 Å². The maximum absolute atomic E-state index is 13.0. The molecule has 9 heteroatoms. The summed E-state index contributed by atoms with van der Waals surface area (Å²) in [7, 11) is 0. The van der Waals surface area contributed by atoms with Crippen molar-refractivity contribution in [3.8, 4) is 0 Å². The first kappa shape index (κ1) is 24.1. The number of nitrogens with one attached hydrogen (secondary N) is 2. The van der Waals surface area contributed by atoms with Gasteiger partial charge in [-0.15, -0.1) is 0 Å². The minimum Gasteiger partial charge on any atom is -0.325 e. The van der Waals surface area contributed by atoms with Gasteiger partial charge in [0.15, 0.2) is 0 Å². The summed E-state index contributed by atoms with van der Waals surface area (Å²) in [6, 6.07) is 3.66. The van der Waals surface area contributed by atoms with Crippen molar-refractivity contribution in [2.24, 2.45) is 0 Å². The molecule has 0 radical (unpaired) electrons. The number of carbonyl (C=O) groups is 5. The summed E-state index contributed by atoms with van der Waals surface area (Å²) in [5.41, 5.74) is 0.527. The van der Waals surface area contributed by atoms with Gasteiger partial charge in [0.05, 0.1) is 16.8 Å². The third-order valence-electron chi connectivity index (χ3n) is 5.78. The average molecular weight is 506 g/mol. The molecule has 2 aliphatic rings. The van der Waals surface area contributed by atoms with Gasteiger partial charge in [-0.05, 0) is 31.4 Å². The first-order chi connectivity index (χ1) is 15.4. The molecule has 3 rings (SSSR count). The zero-order chi connectivity index (χ0) is 23.1. The number of benzene rings is 1. The van der Waals surface area contributed by atoms with E-state index in [1.165, 1.54) is 25.3 Å². The summed E-state index contributed by atoms with van der Waals surface area (Å²) in [6.45, 7) is 0. The Balaban J connectivity index is 1.57. The molecule has 5 amide bonds. The Labute approximate surface area is 195 Å². The largest absolute Gasteiger partial charge is 0.325 e. The standard InChI is InChI=1S/C23H28BrN3O5/c24-14-7-5-3-1-2-4-6-11-18(28)25-16-10-8-9-15-20(16)23(32)27(22(15)31)17-12-13-19(29)26-21(17)30/h8-10,17H,1-7,11-14H2,(H,25,28)(H,26,29,30). The second kappa shape index (κ2) is 11.4. The normalized spacial score (nSPS) is 18.0. The lowest BCUT2D eigenvalue weighted by molar-refractivity contribution is -0.136. The van der Waals surface area contributed by atoms with E-state index in [0.717, 1.165) is 35.9 Å². The first-order valence-electron chi connectivity index (χ1n) is 11.1. The molecule has 8 nitrogen and oxygen atoms in total. The van der Waals surface area contributed by atoms with Crippen LogP contribution in [0.25, 0.3) is 0 Å². The number of nitrogens with zero attached hydrogens (tertiary/aromatic N) is 1. The van der Waals surface area contributed by atoms with Crippen LogP contribution >= 0.6 is 15.9 Å². The Kier molecular flexibility index (Phi) is 8.55. The Morgan fingerprint density at radius 2 is 1.69 bits per heavy atom. The van der Waals surface area contributed by atoms with E-state index in [2.05, 4.69) is 26.6 Å². The predicted octanol–water partition coefficient (Wildman–Crippen LogP) is 3.54. The maximum atomic E-state index is 13.0. The Hall–Kier alpha value is -2.55. The Morgan fingerprint density at radius 1 is 1.00 bits per heavy atom. The van der Waals surface area contributed by atoms with E-state index < -0.39 is 29.7 Å². The van der Waals surface area contributed by atoms with Crippen LogP contribution in [0.1, 0.15) is 84.9 Å². The summed E-state index contributed by atoms with van der Waals surface area (Å²) >= 11 is 3.42. The molecule has 0 aromatic heterocycles. The van der Waals surface area contributed by atoms with Crippen LogP contribution < -0.4 is 10.6 Å². The second-order valence-corrected chi connectivity index (χ2v) is 8.93. The number of carbonyl (C=O) groups excluding carboxylic acids is 5. The second-order valence-electron chi connectivity index (χ2n) is 8.14. The lowest BCUT2D eigenvalue weighted by atomic mass is 10.0. The molecule has 2 N–H and O–H groups in total. The van der Waals surface area contributed by atoms with Gasteiger partial charge in [-0.3, -0.25) is 34.2 Å². The highest BCUT2D eigenvalue weighted by Gasteiger charge is 2.45. The number of anilines is 1. The molecule has 1 fully saturated rings. The van der Waals surface area contributed by atoms with Crippen LogP contribution in [0.3, 0.4) is 0 Å². The highest BCUT2D eigenvalue weighted by molar-refractivity contribution is 9.09. The summed E-state index contributed by atoms with van der Waals surface area (Å²) in [5.74, 6) is -2.50. The van der Waals surface area contributed by atoms with Gasteiger partial charge in [-0.2, -0.15) is 0 Å². The van der Waals surface area contributed by atoms with Crippen molar-refractivity contribution in [1.29, 1.82) is 0 Å². The van der Waals surface area contributed by atoms with Crippen LogP contribution in [0, 0.1) is 0 Å². The van der Waals surface area contributed by atoms with Crippen molar-refractivity contribution in [3.63, 3.8) is 0 Å². The Morgan fingerprint density at radius 3 is 2.38 bits per heavy atom. The highest BCUT2D eigenvalue weighted by atomic mass is 79.9. The minimum absolute atomic E-state index is 0.0594. The number of imide groups is 2. The molecule has 1 atom stereocenters. The fourth-order valence-electron chi connectivity index (χ4n) is 4.10. The molecule has 2 heterocycles. The van der Waals surface area contributed by atoms with Crippen molar-refractivity contribution in [3.05, 3.63) is 29.3 Å². The van der Waals surface area contributed by atoms with Crippen molar-refractivity contribution in [1.82, 2.24) is 10.2 Å². The van der Waals surface area contributed by atoms with E-state index in [9.17, 15) is 24.0 Å². The summed E-state index contributed by atoms with van der Waals surface area (Å²) < 4.78 is 0. The van der Waals surface area contributed by atoms with Crippen LogP contribution in [-0.2, 0) is 14.4 Å². The number of hydrogen-bond acceptors (Lipinski definition) is 5. The molecule has 0 bridgehead atoms. The number of alkyl halides is 1. The van der Waals surface area contributed by atoms with Crippen LogP contribution in [0.5, 0.6) is 0 Å². The van der Waals surface area contributed by atoms with Gasteiger partial charge < -0.3 is 5.32 Å². The van der Waals surface area contributed by atoms with Crippen molar-refractivity contribution >= 4 is 51.2 Å². The number of hydrogen-bond donors (Lipinski definition) is 2. The molecule has 2 aliphatic heterocycles. The molecule has 0 spiro atoms. The average Bonchev–Trinajstić information content (AvgIpc) is 3.01. The van der Waals surface area contributed by atoms with E-state index in [1.807, 2.05) is 0 Å². The number of amides is 5. The SMILES string of the molecule is O=C1CCC(N2C(=O)c3cccc(NC(=O)CCCCCCCCCBr)c3C2=O)C(=O)N1. The highest BCUT2D eigenvalue weighted by Crippen LogP contribution is 2.32. The fourth-order valence-corrected chi connectivity index (χ4v) is 4.49. The zero-order valence-electron chi connectivity index (χ0n) is 18.0. The van der Waals surface area contributed by atoms with Gasteiger partial charge in [0.2, 0.25) is 17.7 Å². The van der Waals surface area contributed by atoms with Crippen LogP contribution in [0.2, 0.25) is 0 Å². The van der Waals surface area contributed by atoms with Gasteiger partial charge >= 0.3 is 0 Å². The molecule has 1 unspecified atom stereocenters. The lowest BCUT2D eigenvalue weighted by Crippen LogP contribution is -2.54. The number of fused-ring (bicyclic) bond motifs is 1. The number of piperidine rings is 1. The Bertz CT molecular complexity index is 917. The molecular formula is C23H28BrN3O5. The molecule has 0 aliphatic carbocycles. The van der Waals surface area contributed by atoms with Crippen molar-refractivity contribution in [2.75, 3.05) is 10.6 Å². The predicted molar refractivity (Wildman–Crippen MR) is 122 cm³/mol. The summed E-state index contributed by atoms with van der Waals surface area (Å²) in [5, 5.41) is 5.97. The molecule has 32 heavy (non-hydrogen) atoms. The minimum atomic E-state index is -1.03. The lowest BCUT2D eigenvalue weighted by Gasteiger charge is -2.27. The van der Waals surface area contributed by atoms with Crippen LogP contribution in [0.4, 0.5) is 5.69 Å². The number of rotatable bonds is 11. The third kappa shape index (κ3) is 5.62. The van der Waals surface area contributed by atoms with Crippen LogP contribution in [0.15, 0.2) is 18.2 Å². The molecular weight excluding hydrogens is 478 g/mol. The van der Waals surface area contributed by atoms with Gasteiger partial charge in [-0.25, -0.2) is 0 Å². The molecule has 1 aromatic rings. The summed E-state index contributed by atoms with van der Waals surface area (Å²) in [4.78, 5) is 62.8. The third-order valence-corrected chi connectivity index (χ3v) is 6.34. The van der Waals surface area contributed by atoms with E-state index in [4.69, 9.17) is 0 Å². The quantitative estimate of drug-likeness (QED) is 0.271. The molecule has 1 saturated heterocycles. The van der Waals surface area contributed by atoms with E-state index in [-0.39, 0.29) is 35.6 Å². The fraction of sp³-hybridized carbons (Fsp3) is 0.522. The smallest absolute Gasteiger partial charge is 0.264 e. The maximum Gasteiger partial charge on any atom is 0.264 e. The van der Waals surface area contributed by atoms with Gasteiger partial charge in [0.1, 0.15) is 6.04 Å². The van der Waals surface area contributed by atoms with E-state index in [0.29, 0.717) is 6.42 Å². The van der Waals surface area contributed by atoms with E-state index >= 15 is 0 Å². The first-order valence-corrected chi connectivity index (χ1v) is 12.3. The number of halogens is 1. The van der Waals surface area contributed by atoms with Gasteiger partial charge in [-0.1, -0.05) is 54.1 Å². The van der Waals surface area contributed by atoms with Gasteiger partial charge in [0.25, 0.3) is 11.8 Å². The van der Waals surface area contributed by atoms with Crippen molar-refractivity contribution in [2.45, 2.75) is 70.3 Å². The van der Waals surface area contributed by atoms with Gasteiger partial charge in [0, 0.05) is 18.2 Å². The van der Waals surface area contributed by atoms with Crippen LogP contribution in [-0.4, -0.2) is 45.8 Å². The monoisotopic (exact) mass is 505 g/mol. The summed E-state index contributed by atoms with van der Waals surface area (Å²) in [6.07, 6.45) is 8.07. The molecule has 172 valence electrons. The number of unbranched alkanes of at least 4 members (excludes halogenated alkanes) is 6. The zero-order valence-corrected chi connectivity index (χ0v) is 19.5.